The lowest BCUT2D eigenvalue weighted by Crippen LogP contribution is -2.38. The standard InChI is InChI=1S/C20H23BrN4O2.HI/c1-13-14(2)27-19(25-13)12-24-20(22-3)23-8-9-26-18-7-5-15-10-17(21)6-4-16(15)11-18;/h4-7,10-11H,8-9,12H2,1-3H3,(H2,22,23,24);1H. The van der Waals surface area contributed by atoms with Crippen LogP contribution in [-0.4, -0.2) is 31.1 Å². The van der Waals surface area contributed by atoms with Gasteiger partial charge in [-0.2, -0.15) is 0 Å². The van der Waals surface area contributed by atoms with Gasteiger partial charge < -0.3 is 19.8 Å². The summed E-state index contributed by atoms with van der Waals surface area (Å²) in [5.41, 5.74) is 0.908. The molecule has 0 aliphatic carbocycles. The molecule has 0 spiro atoms. The van der Waals surface area contributed by atoms with Crippen LogP contribution in [0.5, 0.6) is 5.75 Å². The molecule has 3 rings (SSSR count). The van der Waals surface area contributed by atoms with Crippen LogP contribution < -0.4 is 15.4 Å². The van der Waals surface area contributed by atoms with Crippen LogP contribution in [0, 0.1) is 13.8 Å². The van der Waals surface area contributed by atoms with Crippen molar-refractivity contribution in [2.45, 2.75) is 20.4 Å². The summed E-state index contributed by atoms with van der Waals surface area (Å²) in [5, 5.41) is 8.72. The van der Waals surface area contributed by atoms with Crippen LogP contribution >= 0.6 is 39.9 Å². The van der Waals surface area contributed by atoms with E-state index in [1.165, 1.54) is 5.39 Å². The Morgan fingerprint density at radius 1 is 1.14 bits per heavy atom. The molecule has 1 aromatic heterocycles. The van der Waals surface area contributed by atoms with E-state index < -0.39 is 0 Å². The number of oxazole rings is 1. The van der Waals surface area contributed by atoms with E-state index in [-0.39, 0.29) is 24.0 Å². The lowest BCUT2D eigenvalue weighted by molar-refractivity contribution is 0.322. The molecular weight excluding hydrogens is 535 g/mol. The van der Waals surface area contributed by atoms with E-state index in [0.717, 1.165) is 27.1 Å². The van der Waals surface area contributed by atoms with Gasteiger partial charge in [0.25, 0.3) is 0 Å². The summed E-state index contributed by atoms with van der Waals surface area (Å²) in [6.45, 7) is 5.47. The van der Waals surface area contributed by atoms with Gasteiger partial charge in [0, 0.05) is 11.5 Å². The molecule has 0 atom stereocenters. The quantitative estimate of drug-likeness (QED) is 0.201. The van der Waals surface area contributed by atoms with Crippen molar-refractivity contribution in [1.29, 1.82) is 0 Å². The predicted molar refractivity (Wildman–Crippen MR) is 127 cm³/mol. The lowest BCUT2D eigenvalue weighted by atomic mass is 10.1. The third-order valence-corrected chi connectivity index (χ3v) is 4.63. The molecule has 0 aliphatic rings. The van der Waals surface area contributed by atoms with Crippen molar-refractivity contribution in [1.82, 2.24) is 15.6 Å². The van der Waals surface area contributed by atoms with E-state index in [4.69, 9.17) is 9.15 Å². The van der Waals surface area contributed by atoms with Gasteiger partial charge in [-0.1, -0.05) is 28.1 Å². The number of halogens is 2. The Bertz CT molecular complexity index is 939. The number of hydrogen-bond acceptors (Lipinski definition) is 4. The fourth-order valence-corrected chi connectivity index (χ4v) is 3.00. The Labute approximate surface area is 190 Å². The third kappa shape index (κ3) is 6.10. The van der Waals surface area contributed by atoms with E-state index in [2.05, 4.69) is 54.7 Å². The van der Waals surface area contributed by atoms with Crippen LogP contribution in [0.25, 0.3) is 10.8 Å². The molecule has 0 fully saturated rings. The minimum atomic E-state index is 0. The van der Waals surface area contributed by atoms with Crippen molar-refractivity contribution in [3.05, 3.63) is 58.2 Å². The van der Waals surface area contributed by atoms with Gasteiger partial charge in [-0.15, -0.1) is 24.0 Å². The number of hydrogen-bond donors (Lipinski definition) is 2. The van der Waals surface area contributed by atoms with Gasteiger partial charge in [0.2, 0.25) is 5.89 Å². The summed E-state index contributed by atoms with van der Waals surface area (Å²) in [5.74, 6) is 3.01. The molecule has 28 heavy (non-hydrogen) atoms. The first-order chi connectivity index (χ1) is 13.0. The van der Waals surface area contributed by atoms with E-state index in [0.29, 0.717) is 31.5 Å². The Morgan fingerprint density at radius 2 is 1.89 bits per heavy atom. The molecule has 150 valence electrons. The van der Waals surface area contributed by atoms with E-state index in [1.54, 1.807) is 7.05 Å². The molecule has 6 nitrogen and oxygen atoms in total. The SMILES string of the molecule is CN=C(NCCOc1ccc2cc(Br)ccc2c1)NCc1nc(C)c(C)o1.I. The van der Waals surface area contributed by atoms with Crippen LogP contribution in [0.4, 0.5) is 0 Å². The molecule has 8 heteroatoms. The first kappa shape index (κ1) is 22.5. The van der Waals surface area contributed by atoms with Gasteiger partial charge in [-0.3, -0.25) is 4.99 Å². The topological polar surface area (TPSA) is 71.7 Å². The smallest absolute Gasteiger partial charge is 0.214 e. The molecule has 0 bridgehead atoms. The average Bonchev–Trinajstić information content (AvgIpc) is 2.99. The molecule has 0 amide bonds. The minimum absolute atomic E-state index is 0. The summed E-state index contributed by atoms with van der Waals surface area (Å²) in [4.78, 5) is 8.53. The number of aliphatic imine (C=N–C) groups is 1. The number of aryl methyl sites for hydroxylation is 2. The Balaban J connectivity index is 0.00000280. The highest BCUT2D eigenvalue weighted by atomic mass is 127. The number of ether oxygens (including phenoxy) is 1. The number of aromatic nitrogens is 1. The maximum absolute atomic E-state index is 5.83. The molecule has 2 N–H and O–H groups in total. The van der Waals surface area contributed by atoms with Crippen molar-refractivity contribution in [3.63, 3.8) is 0 Å². The number of benzene rings is 2. The molecule has 1 heterocycles. The van der Waals surface area contributed by atoms with Crippen molar-refractivity contribution >= 4 is 56.6 Å². The second-order valence-electron chi connectivity index (χ2n) is 6.10. The fourth-order valence-electron chi connectivity index (χ4n) is 2.62. The van der Waals surface area contributed by atoms with Crippen LogP contribution in [-0.2, 0) is 6.54 Å². The first-order valence-corrected chi connectivity index (χ1v) is 9.54. The first-order valence-electron chi connectivity index (χ1n) is 8.74. The zero-order chi connectivity index (χ0) is 19.2. The molecule has 0 radical (unpaired) electrons. The molecular formula is C20H24BrIN4O2. The monoisotopic (exact) mass is 558 g/mol. The lowest BCUT2D eigenvalue weighted by Gasteiger charge is -2.12. The normalized spacial score (nSPS) is 11.2. The number of nitrogens with zero attached hydrogens (tertiary/aromatic N) is 2. The molecule has 0 saturated carbocycles. The van der Waals surface area contributed by atoms with Crippen molar-refractivity contribution in [2.75, 3.05) is 20.2 Å². The van der Waals surface area contributed by atoms with E-state index >= 15 is 0 Å². The van der Waals surface area contributed by atoms with Crippen molar-refractivity contribution < 1.29 is 9.15 Å². The summed E-state index contributed by atoms with van der Waals surface area (Å²) >= 11 is 3.49. The van der Waals surface area contributed by atoms with Crippen LogP contribution in [0.2, 0.25) is 0 Å². The van der Waals surface area contributed by atoms with Crippen molar-refractivity contribution in [2.24, 2.45) is 4.99 Å². The minimum Gasteiger partial charge on any atom is -0.492 e. The van der Waals surface area contributed by atoms with E-state index in [1.807, 2.05) is 32.0 Å². The largest absolute Gasteiger partial charge is 0.492 e. The van der Waals surface area contributed by atoms with Gasteiger partial charge in [-0.25, -0.2) is 4.98 Å². The number of fused-ring (bicyclic) bond motifs is 1. The molecule has 0 saturated heterocycles. The number of guanidine groups is 1. The molecule has 2 aromatic carbocycles. The predicted octanol–water partition coefficient (Wildman–Crippen LogP) is 4.57. The summed E-state index contributed by atoms with van der Waals surface area (Å²) < 4.78 is 12.5. The highest BCUT2D eigenvalue weighted by Crippen LogP contribution is 2.24. The molecule has 0 unspecified atom stereocenters. The summed E-state index contributed by atoms with van der Waals surface area (Å²) in [6.07, 6.45) is 0. The highest BCUT2D eigenvalue weighted by molar-refractivity contribution is 14.0. The Hall–Kier alpha value is -1.81. The summed E-state index contributed by atoms with van der Waals surface area (Å²) in [6, 6.07) is 12.3. The number of rotatable bonds is 6. The Morgan fingerprint density at radius 3 is 2.61 bits per heavy atom. The average molecular weight is 559 g/mol. The second kappa shape index (κ2) is 10.7. The van der Waals surface area contributed by atoms with Crippen LogP contribution in [0.1, 0.15) is 17.3 Å². The van der Waals surface area contributed by atoms with Crippen molar-refractivity contribution in [3.8, 4) is 5.75 Å². The van der Waals surface area contributed by atoms with Gasteiger partial charge in [0.1, 0.15) is 18.1 Å². The molecule has 0 aliphatic heterocycles. The van der Waals surface area contributed by atoms with Gasteiger partial charge >= 0.3 is 0 Å². The second-order valence-corrected chi connectivity index (χ2v) is 7.02. The van der Waals surface area contributed by atoms with E-state index in [9.17, 15) is 0 Å². The third-order valence-electron chi connectivity index (χ3n) is 4.14. The maximum Gasteiger partial charge on any atom is 0.214 e. The van der Waals surface area contributed by atoms with Crippen LogP contribution in [0.15, 0.2) is 50.3 Å². The highest BCUT2D eigenvalue weighted by Gasteiger charge is 2.06. The summed E-state index contributed by atoms with van der Waals surface area (Å²) in [7, 11) is 1.73. The fraction of sp³-hybridized carbons (Fsp3) is 0.300. The van der Waals surface area contributed by atoms with Gasteiger partial charge in [0.15, 0.2) is 5.96 Å². The zero-order valence-electron chi connectivity index (χ0n) is 16.1. The van der Waals surface area contributed by atoms with Crippen LogP contribution in [0.3, 0.4) is 0 Å². The van der Waals surface area contributed by atoms with Gasteiger partial charge in [0.05, 0.1) is 18.8 Å². The number of nitrogens with one attached hydrogen (secondary N) is 2. The Kier molecular flexibility index (Phi) is 8.56. The maximum atomic E-state index is 5.83. The zero-order valence-corrected chi connectivity index (χ0v) is 20.0. The van der Waals surface area contributed by atoms with Gasteiger partial charge in [-0.05, 0) is 48.9 Å². The molecule has 3 aromatic rings.